The van der Waals surface area contributed by atoms with Crippen LogP contribution in [-0.2, 0) is 21.3 Å². The van der Waals surface area contributed by atoms with Crippen molar-refractivity contribution in [3.63, 3.8) is 0 Å². The minimum absolute atomic E-state index is 0.0425. The van der Waals surface area contributed by atoms with Crippen molar-refractivity contribution in [3.8, 4) is 28.1 Å². The van der Waals surface area contributed by atoms with Crippen molar-refractivity contribution in [2.45, 2.75) is 11.4 Å². The van der Waals surface area contributed by atoms with Gasteiger partial charge in [0.25, 0.3) is 0 Å². The van der Waals surface area contributed by atoms with E-state index in [2.05, 4.69) is 11.7 Å². The van der Waals surface area contributed by atoms with Crippen LogP contribution in [0.15, 0.2) is 60.0 Å². The molecule has 0 spiro atoms. The fraction of sp³-hybridized carbons (Fsp3) is 0.143. The average molecular weight is 445 g/mol. The molecule has 31 heavy (non-hydrogen) atoms. The highest BCUT2D eigenvalue weighted by Gasteiger charge is 2.27. The molecule has 0 amide bonds. The van der Waals surface area contributed by atoms with Gasteiger partial charge in [-0.2, -0.15) is 5.10 Å². The van der Waals surface area contributed by atoms with Crippen molar-refractivity contribution < 1.29 is 27.1 Å². The number of esters is 1. The van der Waals surface area contributed by atoms with E-state index in [9.17, 15) is 17.6 Å². The number of hydrogen-bond donors (Lipinski definition) is 1. The van der Waals surface area contributed by atoms with Crippen molar-refractivity contribution >= 4 is 16.0 Å². The number of rotatable bonds is 7. The molecule has 3 aromatic rings. The molecular weight excluding hydrogens is 425 g/mol. The van der Waals surface area contributed by atoms with E-state index in [1.807, 2.05) is 0 Å². The van der Waals surface area contributed by atoms with Crippen LogP contribution in [0.1, 0.15) is 10.5 Å². The van der Waals surface area contributed by atoms with Crippen LogP contribution in [-0.4, -0.2) is 38.4 Å². The lowest BCUT2D eigenvalue weighted by Gasteiger charge is -2.09. The van der Waals surface area contributed by atoms with E-state index in [0.29, 0.717) is 22.4 Å². The summed E-state index contributed by atoms with van der Waals surface area (Å²) in [7, 11) is -1.31. The molecule has 8 nitrogen and oxygen atoms in total. The molecule has 10 heteroatoms. The number of ether oxygens (including phenoxy) is 2. The number of carbonyl (C=O) groups excluding carboxylic acids is 1. The Labute approximate surface area is 178 Å². The average Bonchev–Trinajstić information content (AvgIpc) is 3.12. The molecule has 0 radical (unpaired) electrons. The van der Waals surface area contributed by atoms with Crippen LogP contribution in [0, 0.1) is 5.82 Å². The SMILES string of the molecule is C=CCn1nc(-c2ccc(S(N)(=O)=O)cc2)c(-c2ccc(OC)c(F)c2)c1C(=O)OC. The Hall–Kier alpha value is -3.50. The third kappa shape index (κ3) is 4.35. The number of carbonyl (C=O) groups is 1. The summed E-state index contributed by atoms with van der Waals surface area (Å²) in [5.74, 6) is -1.25. The first kappa shape index (κ1) is 22.2. The Morgan fingerprint density at radius 1 is 1.19 bits per heavy atom. The van der Waals surface area contributed by atoms with Gasteiger partial charge in [0.05, 0.1) is 25.7 Å². The van der Waals surface area contributed by atoms with Gasteiger partial charge in [-0.1, -0.05) is 24.3 Å². The Balaban J connectivity index is 2.31. The molecule has 3 rings (SSSR count). The number of benzene rings is 2. The lowest BCUT2D eigenvalue weighted by Crippen LogP contribution is -2.12. The molecule has 0 bridgehead atoms. The topological polar surface area (TPSA) is 114 Å². The molecule has 0 unspecified atom stereocenters. The Morgan fingerprint density at radius 2 is 1.84 bits per heavy atom. The van der Waals surface area contributed by atoms with Gasteiger partial charge in [-0.05, 0) is 29.8 Å². The molecule has 0 aliphatic carbocycles. The monoisotopic (exact) mass is 445 g/mol. The molecule has 0 aliphatic rings. The molecule has 1 aromatic heterocycles. The van der Waals surface area contributed by atoms with Crippen LogP contribution in [0.25, 0.3) is 22.4 Å². The largest absolute Gasteiger partial charge is 0.494 e. The lowest BCUT2D eigenvalue weighted by molar-refractivity contribution is 0.0588. The second kappa shape index (κ2) is 8.70. The van der Waals surface area contributed by atoms with E-state index in [-0.39, 0.29) is 22.9 Å². The molecule has 0 saturated heterocycles. The minimum Gasteiger partial charge on any atom is -0.494 e. The highest BCUT2D eigenvalue weighted by molar-refractivity contribution is 7.89. The van der Waals surface area contributed by atoms with E-state index in [1.165, 1.54) is 55.3 Å². The molecule has 0 fully saturated rings. The van der Waals surface area contributed by atoms with Crippen molar-refractivity contribution in [1.29, 1.82) is 0 Å². The number of methoxy groups -OCH3 is 2. The summed E-state index contributed by atoms with van der Waals surface area (Å²) in [5, 5.41) is 9.65. The number of aromatic nitrogens is 2. The third-order valence-corrected chi connectivity index (χ3v) is 5.46. The number of allylic oxidation sites excluding steroid dienone is 1. The van der Waals surface area contributed by atoms with Gasteiger partial charge in [0.1, 0.15) is 5.69 Å². The first-order valence-corrected chi connectivity index (χ1v) is 10.5. The van der Waals surface area contributed by atoms with Crippen LogP contribution in [0.4, 0.5) is 4.39 Å². The van der Waals surface area contributed by atoms with E-state index in [0.717, 1.165) is 0 Å². The molecule has 0 aliphatic heterocycles. The van der Waals surface area contributed by atoms with Gasteiger partial charge in [0.2, 0.25) is 10.0 Å². The second-order valence-electron chi connectivity index (χ2n) is 6.45. The lowest BCUT2D eigenvalue weighted by atomic mass is 9.98. The molecule has 162 valence electrons. The van der Waals surface area contributed by atoms with Crippen LogP contribution < -0.4 is 9.88 Å². The zero-order valence-corrected chi connectivity index (χ0v) is 17.6. The zero-order valence-electron chi connectivity index (χ0n) is 16.8. The van der Waals surface area contributed by atoms with Gasteiger partial charge in [-0.3, -0.25) is 4.68 Å². The van der Waals surface area contributed by atoms with Crippen molar-refractivity contribution in [2.75, 3.05) is 14.2 Å². The fourth-order valence-corrected chi connectivity index (χ4v) is 3.64. The van der Waals surface area contributed by atoms with Gasteiger partial charge < -0.3 is 9.47 Å². The van der Waals surface area contributed by atoms with Gasteiger partial charge in [0, 0.05) is 11.1 Å². The van der Waals surface area contributed by atoms with Crippen LogP contribution in [0.2, 0.25) is 0 Å². The van der Waals surface area contributed by atoms with Gasteiger partial charge >= 0.3 is 5.97 Å². The number of nitrogens with two attached hydrogens (primary N) is 1. The summed E-state index contributed by atoms with van der Waals surface area (Å²) in [6.45, 7) is 3.86. The summed E-state index contributed by atoms with van der Waals surface area (Å²) < 4.78 is 48.9. The van der Waals surface area contributed by atoms with E-state index >= 15 is 0 Å². The Morgan fingerprint density at radius 3 is 2.35 bits per heavy atom. The van der Waals surface area contributed by atoms with Gasteiger partial charge in [0.15, 0.2) is 17.3 Å². The summed E-state index contributed by atoms with van der Waals surface area (Å²) >= 11 is 0. The summed E-state index contributed by atoms with van der Waals surface area (Å²) in [6, 6.07) is 9.91. The Kier molecular flexibility index (Phi) is 6.23. The highest BCUT2D eigenvalue weighted by Crippen LogP contribution is 2.37. The predicted octanol–water partition coefficient (Wildman–Crippen LogP) is 2.98. The molecule has 0 saturated carbocycles. The first-order chi connectivity index (χ1) is 14.7. The first-order valence-electron chi connectivity index (χ1n) is 8.98. The summed E-state index contributed by atoms with van der Waals surface area (Å²) in [5.41, 5.74) is 1.59. The highest BCUT2D eigenvalue weighted by atomic mass is 32.2. The standard InChI is InChI=1S/C21H20FN3O5S/c1-4-11-25-20(21(26)30-3)18(14-7-10-17(29-2)16(22)12-14)19(24-25)13-5-8-15(9-6-13)31(23,27)28/h4-10,12H,1,11H2,2-3H3,(H2,23,27,28). The minimum atomic E-state index is -3.88. The van der Waals surface area contributed by atoms with E-state index in [4.69, 9.17) is 14.6 Å². The summed E-state index contributed by atoms with van der Waals surface area (Å²) in [4.78, 5) is 12.5. The van der Waals surface area contributed by atoms with Crippen LogP contribution >= 0.6 is 0 Å². The molecule has 0 atom stereocenters. The zero-order chi connectivity index (χ0) is 22.8. The van der Waals surface area contributed by atoms with Crippen LogP contribution in [0.5, 0.6) is 5.75 Å². The van der Waals surface area contributed by atoms with Crippen molar-refractivity contribution in [1.82, 2.24) is 9.78 Å². The number of sulfonamides is 1. The summed E-state index contributed by atoms with van der Waals surface area (Å²) in [6.07, 6.45) is 1.55. The third-order valence-electron chi connectivity index (χ3n) is 4.53. The number of hydrogen-bond acceptors (Lipinski definition) is 6. The van der Waals surface area contributed by atoms with Crippen molar-refractivity contribution in [3.05, 3.63) is 66.6 Å². The van der Waals surface area contributed by atoms with E-state index in [1.54, 1.807) is 12.1 Å². The maximum atomic E-state index is 14.5. The van der Waals surface area contributed by atoms with Crippen molar-refractivity contribution in [2.24, 2.45) is 5.14 Å². The van der Waals surface area contributed by atoms with Crippen LogP contribution in [0.3, 0.4) is 0 Å². The smallest absolute Gasteiger partial charge is 0.357 e. The maximum Gasteiger partial charge on any atom is 0.357 e. The normalized spacial score (nSPS) is 11.2. The fourth-order valence-electron chi connectivity index (χ4n) is 3.12. The Bertz CT molecular complexity index is 1250. The number of primary sulfonamides is 1. The molecule has 2 N–H and O–H groups in total. The quantitative estimate of drug-likeness (QED) is 0.442. The molecule has 1 heterocycles. The maximum absolute atomic E-state index is 14.5. The van der Waals surface area contributed by atoms with Gasteiger partial charge in [-0.25, -0.2) is 22.7 Å². The molecule has 2 aromatic carbocycles. The van der Waals surface area contributed by atoms with Gasteiger partial charge in [-0.15, -0.1) is 6.58 Å². The number of halogens is 1. The van der Waals surface area contributed by atoms with E-state index < -0.39 is 21.8 Å². The second-order valence-corrected chi connectivity index (χ2v) is 8.01. The molecular formula is C21H20FN3O5S. The predicted molar refractivity (Wildman–Crippen MR) is 113 cm³/mol. The number of nitrogens with zero attached hydrogens (tertiary/aromatic N) is 2.